The maximum atomic E-state index is 11.9. The molecule has 1 aliphatic carbocycles. The number of hydrogen-bond acceptors (Lipinski definition) is 3. The first-order valence-corrected chi connectivity index (χ1v) is 9.02. The highest BCUT2D eigenvalue weighted by Gasteiger charge is 2.23. The van der Waals surface area contributed by atoms with Crippen molar-refractivity contribution in [2.45, 2.75) is 50.2 Å². The van der Waals surface area contributed by atoms with Crippen LogP contribution >= 0.6 is 11.8 Å². The summed E-state index contributed by atoms with van der Waals surface area (Å²) in [7, 11) is 0. The fraction of sp³-hybridized carbons (Fsp3) is 0.588. The first-order valence-electron chi connectivity index (χ1n) is 8.03. The van der Waals surface area contributed by atoms with Gasteiger partial charge in [-0.3, -0.25) is 0 Å². The summed E-state index contributed by atoms with van der Waals surface area (Å²) in [6.45, 7) is 4.76. The van der Waals surface area contributed by atoms with Crippen LogP contribution in [0.25, 0.3) is 0 Å². The summed E-state index contributed by atoms with van der Waals surface area (Å²) in [6, 6.07) is 8.17. The minimum absolute atomic E-state index is 0.0187. The van der Waals surface area contributed by atoms with Gasteiger partial charge in [0.15, 0.2) is 0 Å². The van der Waals surface area contributed by atoms with E-state index in [1.807, 2.05) is 18.7 Å². The molecule has 2 amide bonds. The molecular weight excluding hydrogens is 296 g/mol. The lowest BCUT2D eigenvalue weighted by atomic mass is 10.1. The van der Waals surface area contributed by atoms with Crippen molar-refractivity contribution in [1.29, 1.82) is 0 Å². The zero-order valence-electron chi connectivity index (χ0n) is 13.3. The number of carbonyl (C=O) groups excluding carboxylic acids is 1. The number of amides is 2. The third kappa shape index (κ3) is 5.21. The number of benzene rings is 1. The van der Waals surface area contributed by atoms with Crippen molar-refractivity contribution in [3.8, 4) is 0 Å². The fourth-order valence-electron chi connectivity index (χ4n) is 2.82. The number of hydrogen-bond donors (Lipinski definition) is 3. The third-order valence-electron chi connectivity index (χ3n) is 4.10. The van der Waals surface area contributed by atoms with Crippen molar-refractivity contribution in [1.82, 2.24) is 10.6 Å². The molecule has 0 heterocycles. The van der Waals surface area contributed by atoms with Gasteiger partial charge < -0.3 is 15.7 Å². The predicted octanol–water partition coefficient (Wildman–Crippen LogP) is 3.32. The summed E-state index contributed by atoms with van der Waals surface area (Å²) in [5.41, 5.74) is 1.10. The number of urea groups is 1. The highest BCUT2D eigenvalue weighted by Crippen LogP contribution is 2.24. The van der Waals surface area contributed by atoms with Gasteiger partial charge in [-0.25, -0.2) is 4.79 Å². The molecule has 4 nitrogen and oxygen atoms in total. The van der Waals surface area contributed by atoms with Crippen LogP contribution in [0.2, 0.25) is 0 Å². The lowest BCUT2D eigenvalue weighted by Gasteiger charge is -2.17. The molecule has 3 atom stereocenters. The average Bonchev–Trinajstić information content (AvgIpc) is 2.92. The van der Waals surface area contributed by atoms with Gasteiger partial charge >= 0.3 is 6.03 Å². The molecule has 1 aromatic carbocycles. The van der Waals surface area contributed by atoms with Crippen molar-refractivity contribution >= 4 is 17.8 Å². The molecule has 5 heteroatoms. The Labute approximate surface area is 137 Å². The molecule has 2 rings (SSSR count). The highest BCUT2D eigenvalue weighted by molar-refractivity contribution is 7.99. The van der Waals surface area contributed by atoms with E-state index >= 15 is 0 Å². The van der Waals surface area contributed by atoms with E-state index in [4.69, 9.17) is 0 Å². The second kappa shape index (κ2) is 8.44. The van der Waals surface area contributed by atoms with E-state index in [0.29, 0.717) is 12.5 Å². The topological polar surface area (TPSA) is 61.4 Å². The summed E-state index contributed by atoms with van der Waals surface area (Å²) < 4.78 is 0. The van der Waals surface area contributed by atoms with E-state index in [-0.39, 0.29) is 18.2 Å². The Morgan fingerprint density at radius 2 is 2.09 bits per heavy atom. The molecule has 0 unspecified atom stereocenters. The number of rotatable bonds is 6. The number of carbonyl (C=O) groups is 1. The normalized spacial score (nSPS) is 22.3. The maximum Gasteiger partial charge on any atom is 0.315 e. The van der Waals surface area contributed by atoms with Crippen LogP contribution in [-0.2, 0) is 0 Å². The van der Waals surface area contributed by atoms with Gasteiger partial charge in [0, 0.05) is 11.4 Å². The quantitative estimate of drug-likeness (QED) is 0.704. The van der Waals surface area contributed by atoms with Crippen LogP contribution in [0, 0.1) is 5.92 Å². The van der Waals surface area contributed by atoms with Crippen LogP contribution in [-0.4, -0.2) is 29.5 Å². The van der Waals surface area contributed by atoms with Crippen molar-refractivity contribution in [2.75, 3.05) is 12.3 Å². The Bertz CT molecular complexity index is 478. The summed E-state index contributed by atoms with van der Waals surface area (Å²) in [6.07, 6.45) is 2.46. The van der Waals surface area contributed by atoms with Gasteiger partial charge in [0.2, 0.25) is 0 Å². The molecule has 0 saturated heterocycles. The van der Waals surface area contributed by atoms with E-state index in [9.17, 15) is 9.90 Å². The SMILES string of the molecule is CCSc1ccc([C@H](C)NC(=O)NC[C@@H]2CC[C@@H](O)C2)cc1. The molecule has 1 aromatic rings. The summed E-state index contributed by atoms with van der Waals surface area (Å²) >= 11 is 1.81. The molecule has 0 bridgehead atoms. The summed E-state index contributed by atoms with van der Waals surface area (Å²) in [5, 5.41) is 15.4. The molecule has 22 heavy (non-hydrogen) atoms. The minimum atomic E-state index is -0.187. The summed E-state index contributed by atoms with van der Waals surface area (Å²) in [5.74, 6) is 1.47. The van der Waals surface area contributed by atoms with E-state index in [0.717, 1.165) is 30.6 Å². The van der Waals surface area contributed by atoms with Gasteiger partial charge in [0.1, 0.15) is 0 Å². The van der Waals surface area contributed by atoms with Gasteiger partial charge in [-0.2, -0.15) is 0 Å². The van der Waals surface area contributed by atoms with Gasteiger partial charge in [-0.15, -0.1) is 11.8 Å². The Kier molecular flexibility index (Phi) is 6.58. The molecule has 1 aliphatic rings. The van der Waals surface area contributed by atoms with Crippen LogP contribution < -0.4 is 10.6 Å². The second-order valence-corrected chi connectivity index (χ2v) is 7.25. The van der Waals surface area contributed by atoms with E-state index < -0.39 is 0 Å². The van der Waals surface area contributed by atoms with E-state index in [1.165, 1.54) is 4.90 Å². The standard InChI is InChI=1S/C17H26N2O2S/c1-3-22-16-8-5-14(6-9-16)12(2)19-17(21)18-11-13-4-7-15(20)10-13/h5-6,8-9,12-13,15,20H,3-4,7,10-11H2,1-2H3,(H2,18,19,21)/t12-,13+,15+/m0/s1. The molecule has 0 aliphatic heterocycles. The van der Waals surface area contributed by atoms with Crippen molar-refractivity contribution in [3.63, 3.8) is 0 Å². The Morgan fingerprint density at radius 3 is 2.68 bits per heavy atom. The Balaban J connectivity index is 1.75. The Hall–Kier alpha value is -1.20. The minimum Gasteiger partial charge on any atom is -0.393 e. The van der Waals surface area contributed by atoms with Gasteiger partial charge in [-0.1, -0.05) is 19.1 Å². The first-order chi connectivity index (χ1) is 10.6. The van der Waals surface area contributed by atoms with Crippen molar-refractivity contribution in [2.24, 2.45) is 5.92 Å². The molecule has 3 N–H and O–H groups in total. The molecule has 1 fully saturated rings. The third-order valence-corrected chi connectivity index (χ3v) is 5.00. The van der Waals surface area contributed by atoms with Gasteiger partial charge in [-0.05, 0) is 55.6 Å². The van der Waals surface area contributed by atoms with E-state index in [1.54, 1.807) is 0 Å². The lowest BCUT2D eigenvalue weighted by Crippen LogP contribution is -2.39. The van der Waals surface area contributed by atoms with Crippen molar-refractivity contribution < 1.29 is 9.90 Å². The number of aliphatic hydroxyl groups excluding tert-OH is 1. The maximum absolute atomic E-state index is 11.9. The summed E-state index contributed by atoms with van der Waals surface area (Å²) in [4.78, 5) is 13.2. The zero-order valence-corrected chi connectivity index (χ0v) is 14.2. The molecule has 0 aromatic heterocycles. The molecule has 0 radical (unpaired) electrons. The second-order valence-electron chi connectivity index (χ2n) is 5.91. The van der Waals surface area contributed by atoms with E-state index in [2.05, 4.69) is 41.8 Å². The highest BCUT2D eigenvalue weighted by atomic mass is 32.2. The fourth-order valence-corrected chi connectivity index (χ4v) is 3.48. The smallest absolute Gasteiger partial charge is 0.315 e. The average molecular weight is 322 g/mol. The van der Waals surface area contributed by atoms with Gasteiger partial charge in [0.05, 0.1) is 12.1 Å². The number of thioether (sulfide) groups is 1. The largest absolute Gasteiger partial charge is 0.393 e. The lowest BCUT2D eigenvalue weighted by molar-refractivity contribution is 0.177. The molecule has 122 valence electrons. The monoisotopic (exact) mass is 322 g/mol. The van der Waals surface area contributed by atoms with Crippen LogP contribution in [0.3, 0.4) is 0 Å². The van der Waals surface area contributed by atoms with Crippen LogP contribution in [0.15, 0.2) is 29.2 Å². The van der Waals surface area contributed by atoms with Crippen LogP contribution in [0.1, 0.15) is 44.7 Å². The molecule has 0 spiro atoms. The zero-order chi connectivity index (χ0) is 15.9. The first kappa shape index (κ1) is 17.2. The van der Waals surface area contributed by atoms with Crippen LogP contribution in [0.5, 0.6) is 0 Å². The number of nitrogens with one attached hydrogen (secondary N) is 2. The van der Waals surface area contributed by atoms with Crippen molar-refractivity contribution in [3.05, 3.63) is 29.8 Å². The van der Waals surface area contributed by atoms with Crippen LogP contribution in [0.4, 0.5) is 4.79 Å². The molecular formula is C17H26N2O2S. The number of aliphatic hydroxyl groups is 1. The van der Waals surface area contributed by atoms with Gasteiger partial charge in [0.25, 0.3) is 0 Å². The predicted molar refractivity (Wildman–Crippen MR) is 91.1 cm³/mol. The Morgan fingerprint density at radius 1 is 1.36 bits per heavy atom. The molecule has 1 saturated carbocycles.